The second-order valence-corrected chi connectivity index (χ2v) is 10.1. The average molecular weight is 588 g/mol. The SMILES string of the molecule is CCOC(=O)C(Cc1ccc(OCCN2C(=O)CSc3cc(C(=O)c4ccccc4)ccc32)cc1)OCC(F)(F)F. The molecule has 216 valence electrons. The number of amides is 1. The van der Waals surface area contributed by atoms with E-state index in [0.29, 0.717) is 28.1 Å². The number of ether oxygens (including phenoxy) is 3. The van der Waals surface area contributed by atoms with Gasteiger partial charge in [-0.1, -0.05) is 42.5 Å². The minimum Gasteiger partial charge on any atom is -0.492 e. The van der Waals surface area contributed by atoms with Crippen molar-refractivity contribution >= 4 is 35.1 Å². The summed E-state index contributed by atoms with van der Waals surface area (Å²) in [4.78, 5) is 40.0. The molecule has 0 saturated heterocycles. The van der Waals surface area contributed by atoms with Gasteiger partial charge in [-0.25, -0.2) is 4.79 Å². The highest BCUT2D eigenvalue weighted by molar-refractivity contribution is 8.00. The molecule has 0 aliphatic carbocycles. The van der Waals surface area contributed by atoms with E-state index < -0.39 is 24.9 Å². The van der Waals surface area contributed by atoms with Crippen LogP contribution in [-0.4, -0.2) is 62.1 Å². The predicted octanol–water partition coefficient (Wildman–Crippen LogP) is 5.49. The second kappa shape index (κ2) is 13.7. The molecule has 7 nitrogen and oxygen atoms in total. The minimum atomic E-state index is -4.57. The van der Waals surface area contributed by atoms with Crippen molar-refractivity contribution < 1.29 is 41.8 Å². The molecule has 41 heavy (non-hydrogen) atoms. The molecular formula is C30H28F3NO6S. The Kier molecular flexibility index (Phi) is 10.1. The summed E-state index contributed by atoms with van der Waals surface area (Å²) in [6.07, 6.45) is -6.06. The van der Waals surface area contributed by atoms with Gasteiger partial charge in [-0.15, -0.1) is 11.8 Å². The van der Waals surface area contributed by atoms with Gasteiger partial charge in [0.2, 0.25) is 5.91 Å². The first-order valence-electron chi connectivity index (χ1n) is 12.9. The van der Waals surface area contributed by atoms with Crippen molar-refractivity contribution in [2.75, 3.05) is 37.0 Å². The highest BCUT2D eigenvalue weighted by Gasteiger charge is 2.32. The number of benzene rings is 3. The van der Waals surface area contributed by atoms with E-state index in [2.05, 4.69) is 0 Å². The first-order chi connectivity index (χ1) is 19.6. The lowest BCUT2D eigenvalue weighted by molar-refractivity contribution is -0.194. The Morgan fingerprint density at radius 3 is 2.41 bits per heavy atom. The van der Waals surface area contributed by atoms with Crippen molar-refractivity contribution in [2.45, 2.75) is 30.5 Å². The molecule has 1 unspecified atom stereocenters. The number of nitrogens with zero attached hydrogens (tertiary/aromatic N) is 1. The molecule has 0 radical (unpaired) electrons. The van der Waals surface area contributed by atoms with Crippen LogP contribution in [0, 0.1) is 0 Å². The fourth-order valence-corrected chi connectivity index (χ4v) is 5.15. The van der Waals surface area contributed by atoms with Crippen molar-refractivity contribution in [3.63, 3.8) is 0 Å². The topological polar surface area (TPSA) is 82.1 Å². The first-order valence-corrected chi connectivity index (χ1v) is 13.9. The molecule has 3 aromatic carbocycles. The van der Waals surface area contributed by atoms with Crippen LogP contribution in [0.1, 0.15) is 28.4 Å². The number of halogens is 3. The molecule has 1 heterocycles. The van der Waals surface area contributed by atoms with Crippen molar-refractivity contribution in [1.82, 2.24) is 0 Å². The van der Waals surface area contributed by atoms with Gasteiger partial charge >= 0.3 is 12.1 Å². The molecule has 3 aromatic rings. The fraction of sp³-hybridized carbons (Fsp3) is 0.300. The largest absolute Gasteiger partial charge is 0.492 e. The zero-order chi connectivity index (χ0) is 29.4. The number of rotatable bonds is 12. The summed E-state index contributed by atoms with van der Waals surface area (Å²) in [7, 11) is 0. The van der Waals surface area contributed by atoms with Crippen LogP contribution in [0.4, 0.5) is 18.9 Å². The summed E-state index contributed by atoms with van der Waals surface area (Å²) >= 11 is 1.38. The van der Waals surface area contributed by atoms with Gasteiger partial charge in [0.25, 0.3) is 0 Å². The van der Waals surface area contributed by atoms with Crippen molar-refractivity contribution in [2.24, 2.45) is 0 Å². The summed E-state index contributed by atoms with van der Waals surface area (Å²) in [5.41, 5.74) is 2.40. The zero-order valence-corrected chi connectivity index (χ0v) is 23.0. The van der Waals surface area contributed by atoms with Crippen LogP contribution in [0.15, 0.2) is 77.7 Å². The molecule has 0 spiro atoms. The van der Waals surface area contributed by atoms with Gasteiger partial charge < -0.3 is 19.1 Å². The number of alkyl halides is 3. The third-order valence-electron chi connectivity index (χ3n) is 6.13. The Morgan fingerprint density at radius 1 is 1.00 bits per heavy atom. The highest BCUT2D eigenvalue weighted by Crippen LogP contribution is 2.36. The maximum Gasteiger partial charge on any atom is 0.411 e. The molecule has 1 aliphatic heterocycles. The molecule has 0 aromatic heterocycles. The van der Waals surface area contributed by atoms with Crippen LogP contribution in [0.3, 0.4) is 0 Å². The van der Waals surface area contributed by atoms with E-state index in [1.54, 1.807) is 66.4 Å². The molecule has 1 aliphatic rings. The number of hydrogen-bond donors (Lipinski definition) is 0. The van der Waals surface area contributed by atoms with E-state index in [1.807, 2.05) is 18.2 Å². The molecule has 0 bridgehead atoms. The van der Waals surface area contributed by atoms with Crippen molar-refractivity contribution in [3.8, 4) is 5.75 Å². The Morgan fingerprint density at radius 2 is 1.73 bits per heavy atom. The fourth-order valence-electron chi connectivity index (χ4n) is 4.18. The van der Waals surface area contributed by atoms with Gasteiger partial charge in [0, 0.05) is 22.4 Å². The average Bonchev–Trinajstić information content (AvgIpc) is 2.96. The highest BCUT2D eigenvalue weighted by atomic mass is 32.2. The van der Waals surface area contributed by atoms with E-state index >= 15 is 0 Å². The van der Waals surface area contributed by atoms with Gasteiger partial charge in [-0.3, -0.25) is 9.59 Å². The number of esters is 1. The summed E-state index contributed by atoms with van der Waals surface area (Å²) in [6.45, 7) is 0.479. The zero-order valence-electron chi connectivity index (χ0n) is 22.2. The van der Waals surface area contributed by atoms with E-state index in [-0.39, 0.29) is 43.6 Å². The first kappa shape index (κ1) is 30.1. The van der Waals surface area contributed by atoms with E-state index in [1.165, 1.54) is 11.8 Å². The maximum atomic E-state index is 12.8. The molecule has 1 atom stereocenters. The van der Waals surface area contributed by atoms with Gasteiger partial charge in [0.05, 0.1) is 24.6 Å². The Labute approximate surface area is 239 Å². The maximum absolute atomic E-state index is 12.8. The normalized spacial score (nSPS) is 13.9. The number of anilines is 1. The predicted molar refractivity (Wildman–Crippen MR) is 147 cm³/mol. The molecule has 0 N–H and O–H groups in total. The smallest absolute Gasteiger partial charge is 0.411 e. The molecule has 0 saturated carbocycles. The van der Waals surface area contributed by atoms with E-state index in [0.717, 1.165) is 4.90 Å². The Hall–Kier alpha value is -3.83. The molecule has 4 rings (SSSR count). The summed E-state index contributed by atoms with van der Waals surface area (Å²) in [5, 5.41) is 0. The van der Waals surface area contributed by atoms with Crippen LogP contribution in [0.5, 0.6) is 5.75 Å². The third kappa shape index (κ3) is 8.34. The number of thioether (sulfide) groups is 1. The van der Waals surface area contributed by atoms with Crippen molar-refractivity contribution in [1.29, 1.82) is 0 Å². The minimum absolute atomic E-state index is 0.0210. The monoisotopic (exact) mass is 587 g/mol. The van der Waals surface area contributed by atoms with Crippen molar-refractivity contribution in [3.05, 3.63) is 89.5 Å². The van der Waals surface area contributed by atoms with Crippen LogP contribution in [-0.2, 0) is 25.5 Å². The summed E-state index contributed by atoms with van der Waals surface area (Å²) in [6, 6.07) is 20.8. The van der Waals surface area contributed by atoms with Crippen LogP contribution in [0.25, 0.3) is 0 Å². The summed E-state index contributed by atoms with van der Waals surface area (Å²) < 4.78 is 53.2. The van der Waals surface area contributed by atoms with Gasteiger partial charge in [-0.2, -0.15) is 13.2 Å². The van der Waals surface area contributed by atoms with E-state index in [4.69, 9.17) is 14.2 Å². The lowest BCUT2D eigenvalue weighted by atomic mass is 10.0. The number of hydrogen-bond acceptors (Lipinski definition) is 7. The van der Waals surface area contributed by atoms with Gasteiger partial charge in [-0.05, 0) is 42.8 Å². The second-order valence-electron chi connectivity index (χ2n) is 9.08. The number of fused-ring (bicyclic) bond motifs is 1. The molecule has 0 fully saturated rings. The summed E-state index contributed by atoms with van der Waals surface area (Å²) in [5.74, 6) is -0.307. The van der Waals surface area contributed by atoms with Gasteiger partial charge in [0.15, 0.2) is 11.9 Å². The lowest BCUT2D eigenvalue weighted by Gasteiger charge is -2.29. The molecule has 1 amide bonds. The van der Waals surface area contributed by atoms with Crippen LogP contribution in [0.2, 0.25) is 0 Å². The third-order valence-corrected chi connectivity index (χ3v) is 7.16. The quantitative estimate of drug-likeness (QED) is 0.205. The standard InChI is InChI=1S/C30H28F3NO6S/c1-2-38-29(37)25(40-19-30(31,32)33)16-20-8-11-23(12-9-20)39-15-14-34-24-13-10-22(17-26(24)41-18-27(34)35)28(36)21-6-4-3-5-7-21/h3-13,17,25H,2,14-16,18-19H2,1H3. The Balaban J connectivity index is 1.35. The van der Waals surface area contributed by atoms with Crippen LogP contribution < -0.4 is 9.64 Å². The van der Waals surface area contributed by atoms with Gasteiger partial charge in [0.1, 0.15) is 19.0 Å². The number of carbonyl (C=O) groups is 3. The number of carbonyl (C=O) groups excluding carboxylic acids is 3. The Bertz CT molecular complexity index is 1360. The molecular weight excluding hydrogens is 559 g/mol. The molecule has 11 heteroatoms. The number of ketones is 1. The van der Waals surface area contributed by atoms with Crippen LogP contribution >= 0.6 is 11.8 Å². The van der Waals surface area contributed by atoms with E-state index in [9.17, 15) is 27.6 Å². The lowest BCUT2D eigenvalue weighted by Crippen LogP contribution is -2.38.